The lowest BCUT2D eigenvalue weighted by molar-refractivity contribution is 0.521. The molecule has 0 spiro atoms. The van der Waals surface area contributed by atoms with E-state index < -0.39 is 10.0 Å². The van der Waals surface area contributed by atoms with E-state index in [1.165, 1.54) is 18.4 Å². The molecule has 3 heterocycles. The Kier molecular flexibility index (Phi) is 3.91. The molecule has 0 amide bonds. The summed E-state index contributed by atoms with van der Waals surface area (Å²) in [4.78, 5) is 11.9. The summed E-state index contributed by atoms with van der Waals surface area (Å²) in [5.74, 6) is 0. The van der Waals surface area contributed by atoms with Crippen LogP contribution in [0.15, 0.2) is 53.7 Å². The van der Waals surface area contributed by atoms with Crippen molar-refractivity contribution in [3.63, 3.8) is 0 Å². The molecule has 4 rings (SSSR count). The number of nitrogens with one attached hydrogen (secondary N) is 1. The van der Waals surface area contributed by atoms with Gasteiger partial charge in [-0.15, -0.1) is 0 Å². The van der Waals surface area contributed by atoms with Crippen molar-refractivity contribution in [2.45, 2.75) is 4.90 Å². The molecule has 1 aromatic carbocycles. The van der Waals surface area contributed by atoms with E-state index >= 15 is 0 Å². The molecule has 0 radical (unpaired) electrons. The molecule has 0 atom stereocenters. The van der Waals surface area contributed by atoms with Crippen LogP contribution in [0, 0.1) is 11.3 Å². The van der Waals surface area contributed by atoms with Gasteiger partial charge in [0, 0.05) is 36.6 Å². The van der Waals surface area contributed by atoms with E-state index in [9.17, 15) is 8.42 Å². The molecule has 1 N–H and O–H groups in total. The lowest BCUT2D eigenvalue weighted by Gasteiger charge is -2.12. The summed E-state index contributed by atoms with van der Waals surface area (Å²) in [6.45, 7) is 0. The monoisotopic (exact) mass is 377 g/mol. The SMILES string of the molecule is CN(C)S(=O)(=O)c1cccc(-c2cnc3[nH]c4cnc(C#N)cc4c3c2)c1. The number of nitrogens with zero attached hydrogens (tertiary/aromatic N) is 4. The Morgan fingerprint density at radius 3 is 2.59 bits per heavy atom. The van der Waals surface area contributed by atoms with Gasteiger partial charge in [0.1, 0.15) is 17.4 Å². The Balaban J connectivity index is 1.90. The molecule has 8 heteroatoms. The lowest BCUT2D eigenvalue weighted by atomic mass is 10.1. The number of sulfonamides is 1. The van der Waals surface area contributed by atoms with Crippen molar-refractivity contribution in [1.82, 2.24) is 19.3 Å². The molecule has 0 bridgehead atoms. The summed E-state index contributed by atoms with van der Waals surface area (Å²) >= 11 is 0. The van der Waals surface area contributed by atoms with E-state index in [4.69, 9.17) is 5.26 Å². The van der Waals surface area contributed by atoms with Gasteiger partial charge in [-0.25, -0.2) is 22.7 Å². The summed E-state index contributed by atoms with van der Waals surface area (Å²) < 4.78 is 26.0. The molecular formula is C19H15N5O2S. The van der Waals surface area contributed by atoms with E-state index in [-0.39, 0.29) is 4.90 Å². The maximum atomic E-state index is 12.4. The van der Waals surface area contributed by atoms with Crippen LogP contribution in [0.5, 0.6) is 0 Å². The molecule has 0 unspecified atom stereocenters. The maximum absolute atomic E-state index is 12.4. The third-order valence-electron chi connectivity index (χ3n) is 4.40. The van der Waals surface area contributed by atoms with Crippen molar-refractivity contribution in [1.29, 1.82) is 5.26 Å². The molecule has 0 aliphatic heterocycles. The number of aromatic amines is 1. The molecule has 7 nitrogen and oxygen atoms in total. The van der Waals surface area contributed by atoms with Crippen LogP contribution < -0.4 is 0 Å². The predicted molar refractivity (Wildman–Crippen MR) is 102 cm³/mol. The van der Waals surface area contributed by atoms with Crippen LogP contribution in [0.25, 0.3) is 33.1 Å². The molecule has 0 saturated heterocycles. The molecule has 0 fully saturated rings. The zero-order chi connectivity index (χ0) is 19.2. The van der Waals surface area contributed by atoms with Crippen molar-refractivity contribution >= 4 is 32.0 Å². The number of hydrogen-bond donors (Lipinski definition) is 1. The van der Waals surface area contributed by atoms with Crippen molar-refractivity contribution in [3.8, 4) is 17.2 Å². The van der Waals surface area contributed by atoms with Gasteiger partial charge in [0.05, 0.1) is 16.6 Å². The lowest BCUT2D eigenvalue weighted by Crippen LogP contribution is -2.22. The highest BCUT2D eigenvalue weighted by Gasteiger charge is 2.18. The first-order valence-corrected chi connectivity index (χ1v) is 9.55. The fourth-order valence-electron chi connectivity index (χ4n) is 2.94. The fourth-order valence-corrected chi connectivity index (χ4v) is 3.89. The largest absolute Gasteiger partial charge is 0.338 e. The third-order valence-corrected chi connectivity index (χ3v) is 6.21. The first-order chi connectivity index (χ1) is 12.9. The van der Waals surface area contributed by atoms with Gasteiger partial charge < -0.3 is 4.98 Å². The van der Waals surface area contributed by atoms with Crippen molar-refractivity contribution in [3.05, 3.63) is 54.5 Å². The number of fused-ring (bicyclic) bond motifs is 3. The molecule has 0 aliphatic rings. The number of rotatable bonds is 3. The molecule has 0 aliphatic carbocycles. The van der Waals surface area contributed by atoms with Gasteiger partial charge in [0.2, 0.25) is 10.0 Å². The van der Waals surface area contributed by atoms with Crippen LogP contribution >= 0.6 is 0 Å². The summed E-state index contributed by atoms with van der Waals surface area (Å²) in [5.41, 5.74) is 3.33. The van der Waals surface area contributed by atoms with Crippen LogP contribution in [-0.2, 0) is 10.0 Å². The Bertz CT molecular complexity index is 1330. The highest BCUT2D eigenvalue weighted by Crippen LogP contribution is 2.29. The second kappa shape index (κ2) is 6.16. The summed E-state index contributed by atoms with van der Waals surface area (Å²) in [6.07, 6.45) is 3.30. The highest BCUT2D eigenvalue weighted by molar-refractivity contribution is 7.89. The van der Waals surface area contributed by atoms with Crippen LogP contribution in [0.1, 0.15) is 5.69 Å². The smallest absolute Gasteiger partial charge is 0.242 e. The Morgan fingerprint density at radius 2 is 1.85 bits per heavy atom. The Hall–Kier alpha value is -3.28. The van der Waals surface area contributed by atoms with Gasteiger partial charge in [0.25, 0.3) is 0 Å². The normalized spacial score (nSPS) is 11.9. The van der Waals surface area contributed by atoms with Crippen LogP contribution in [-0.4, -0.2) is 41.8 Å². The number of H-pyrrole nitrogens is 1. The summed E-state index contributed by atoms with van der Waals surface area (Å²) in [7, 11) is -0.516. The van der Waals surface area contributed by atoms with Crippen LogP contribution in [0.2, 0.25) is 0 Å². The number of aromatic nitrogens is 3. The van der Waals surface area contributed by atoms with E-state index in [2.05, 4.69) is 15.0 Å². The average Bonchev–Trinajstić information content (AvgIpc) is 3.04. The first-order valence-electron chi connectivity index (χ1n) is 8.11. The quantitative estimate of drug-likeness (QED) is 0.591. The fraction of sp³-hybridized carbons (Fsp3) is 0.105. The summed E-state index contributed by atoms with van der Waals surface area (Å²) in [6, 6.07) is 12.4. The zero-order valence-corrected chi connectivity index (χ0v) is 15.4. The number of pyridine rings is 2. The predicted octanol–water partition coefficient (Wildman–Crippen LogP) is 2.90. The second-order valence-corrected chi connectivity index (χ2v) is 8.44. The van der Waals surface area contributed by atoms with E-state index in [1.54, 1.807) is 36.7 Å². The number of hydrogen-bond acceptors (Lipinski definition) is 5. The average molecular weight is 377 g/mol. The third kappa shape index (κ3) is 2.83. The Morgan fingerprint density at radius 1 is 1.04 bits per heavy atom. The van der Waals surface area contributed by atoms with Crippen LogP contribution in [0.3, 0.4) is 0 Å². The van der Waals surface area contributed by atoms with Gasteiger partial charge >= 0.3 is 0 Å². The first kappa shape index (κ1) is 17.1. The van der Waals surface area contributed by atoms with Gasteiger partial charge in [-0.2, -0.15) is 5.26 Å². The molecular weight excluding hydrogens is 362 g/mol. The van der Waals surface area contributed by atoms with Gasteiger partial charge in [0.15, 0.2) is 0 Å². The minimum atomic E-state index is -3.52. The minimum Gasteiger partial charge on any atom is -0.338 e. The van der Waals surface area contributed by atoms with E-state index in [0.717, 1.165) is 27.4 Å². The standard InChI is InChI=1S/C19H15N5O2S/c1-24(2)27(25,26)15-5-3-4-12(6-15)13-7-17-16-8-14(9-20)21-11-18(16)23-19(17)22-10-13/h3-8,10-11H,1-2H3,(H,22,23). The van der Waals surface area contributed by atoms with Gasteiger partial charge in [-0.05, 0) is 29.8 Å². The van der Waals surface area contributed by atoms with Crippen LogP contribution in [0.4, 0.5) is 0 Å². The van der Waals surface area contributed by atoms with Crippen molar-refractivity contribution in [2.24, 2.45) is 0 Å². The second-order valence-electron chi connectivity index (χ2n) is 6.29. The molecule has 27 heavy (non-hydrogen) atoms. The molecule has 3 aromatic heterocycles. The molecule has 4 aromatic rings. The van der Waals surface area contributed by atoms with E-state index in [0.29, 0.717) is 11.3 Å². The maximum Gasteiger partial charge on any atom is 0.242 e. The van der Waals surface area contributed by atoms with Crippen molar-refractivity contribution < 1.29 is 8.42 Å². The molecule has 0 saturated carbocycles. The topological polar surface area (TPSA) is 103 Å². The number of benzene rings is 1. The van der Waals surface area contributed by atoms with Crippen molar-refractivity contribution in [2.75, 3.05) is 14.1 Å². The summed E-state index contributed by atoms with van der Waals surface area (Å²) in [5, 5.41) is 10.8. The van der Waals surface area contributed by atoms with Gasteiger partial charge in [-0.1, -0.05) is 12.1 Å². The minimum absolute atomic E-state index is 0.222. The van der Waals surface area contributed by atoms with Gasteiger partial charge in [-0.3, -0.25) is 0 Å². The number of nitriles is 1. The molecule has 134 valence electrons. The highest BCUT2D eigenvalue weighted by atomic mass is 32.2. The zero-order valence-electron chi connectivity index (χ0n) is 14.6. The van der Waals surface area contributed by atoms with E-state index in [1.807, 2.05) is 18.2 Å². The Labute approximate surface area is 156 Å².